The second-order valence-corrected chi connectivity index (χ2v) is 3.70. The van der Waals surface area contributed by atoms with E-state index in [0.717, 1.165) is 22.6 Å². The van der Waals surface area contributed by atoms with Crippen LogP contribution >= 0.6 is 0 Å². The molecule has 0 fully saturated rings. The number of nitrogens with zero attached hydrogens (tertiary/aromatic N) is 2. The molecule has 0 atom stereocenters. The summed E-state index contributed by atoms with van der Waals surface area (Å²) in [6.45, 7) is 2.58. The Morgan fingerprint density at radius 2 is 2.06 bits per heavy atom. The highest BCUT2D eigenvalue weighted by atomic mass is 16.5. The smallest absolute Gasteiger partial charge is 0.161 e. The monoisotopic (exact) mass is 232 g/mol. The molecule has 0 N–H and O–H groups in total. The summed E-state index contributed by atoms with van der Waals surface area (Å²) in [4.78, 5) is 0. The van der Waals surface area contributed by atoms with Crippen LogP contribution in [0.3, 0.4) is 0 Å². The molecule has 4 nitrogen and oxygen atoms in total. The van der Waals surface area contributed by atoms with Gasteiger partial charge in [0.05, 0.1) is 19.9 Å². The van der Waals surface area contributed by atoms with Crippen molar-refractivity contribution in [3.05, 3.63) is 30.6 Å². The fourth-order valence-electron chi connectivity index (χ4n) is 1.69. The third-order valence-electron chi connectivity index (χ3n) is 2.50. The molecule has 2 aromatic rings. The standard InChI is InChI=1S/C13H16N2O2/c1-4-17-12-6-5-10(7-13(12)16-3)11-8-14-15(2)9-11/h5-9H,4H2,1-3H3. The fraction of sp³-hybridized carbons (Fsp3) is 0.308. The summed E-state index contributed by atoms with van der Waals surface area (Å²) in [6, 6.07) is 5.89. The van der Waals surface area contributed by atoms with Crippen LogP contribution in [0, 0.1) is 0 Å². The van der Waals surface area contributed by atoms with Gasteiger partial charge in [-0.2, -0.15) is 5.10 Å². The maximum Gasteiger partial charge on any atom is 0.161 e. The van der Waals surface area contributed by atoms with Crippen LogP contribution in [0.1, 0.15) is 6.92 Å². The number of aromatic nitrogens is 2. The van der Waals surface area contributed by atoms with Gasteiger partial charge in [0, 0.05) is 18.8 Å². The van der Waals surface area contributed by atoms with Crippen molar-refractivity contribution in [2.24, 2.45) is 7.05 Å². The van der Waals surface area contributed by atoms with Crippen molar-refractivity contribution in [1.29, 1.82) is 0 Å². The fourth-order valence-corrected chi connectivity index (χ4v) is 1.69. The van der Waals surface area contributed by atoms with E-state index in [-0.39, 0.29) is 0 Å². The number of rotatable bonds is 4. The lowest BCUT2D eigenvalue weighted by Gasteiger charge is -2.10. The summed E-state index contributed by atoms with van der Waals surface area (Å²) >= 11 is 0. The van der Waals surface area contributed by atoms with Gasteiger partial charge in [-0.15, -0.1) is 0 Å². The van der Waals surface area contributed by atoms with Crippen LogP contribution in [0.2, 0.25) is 0 Å². The first-order chi connectivity index (χ1) is 8.24. The van der Waals surface area contributed by atoms with Crippen molar-refractivity contribution < 1.29 is 9.47 Å². The van der Waals surface area contributed by atoms with Crippen molar-refractivity contribution in [1.82, 2.24) is 9.78 Å². The molecule has 0 spiro atoms. The predicted octanol–water partition coefficient (Wildman–Crippen LogP) is 2.49. The number of methoxy groups -OCH3 is 1. The number of aryl methyl sites for hydroxylation is 1. The van der Waals surface area contributed by atoms with Crippen LogP contribution in [-0.4, -0.2) is 23.5 Å². The maximum absolute atomic E-state index is 5.48. The molecular weight excluding hydrogens is 216 g/mol. The molecule has 90 valence electrons. The second-order valence-electron chi connectivity index (χ2n) is 3.70. The molecule has 0 aliphatic carbocycles. The van der Waals surface area contributed by atoms with Crippen molar-refractivity contribution in [2.75, 3.05) is 13.7 Å². The summed E-state index contributed by atoms with van der Waals surface area (Å²) in [5.41, 5.74) is 2.13. The lowest BCUT2D eigenvalue weighted by atomic mass is 10.1. The molecule has 4 heteroatoms. The number of benzene rings is 1. The molecule has 0 unspecified atom stereocenters. The Bertz CT molecular complexity index is 506. The zero-order valence-electron chi connectivity index (χ0n) is 10.3. The Kier molecular flexibility index (Phi) is 3.32. The van der Waals surface area contributed by atoms with E-state index < -0.39 is 0 Å². The topological polar surface area (TPSA) is 36.3 Å². The summed E-state index contributed by atoms with van der Waals surface area (Å²) in [5, 5.41) is 4.15. The van der Waals surface area contributed by atoms with E-state index >= 15 is 0 Å². The summed E-state index contributed by atoms with van der Waals surface area (Å²) in [7, 11) is 3.54. The molecular formula is C13H16N2O2. The van der Waals surface area contributed by atoms with Gasteiger partial charge in [0.15, 0.2) is 11.5 Å². The highest BCUT2D eigenvalue weighted by Gasteiger charge is 2.07. The second kappa shape index (κ2) is 4.91. The lowest BCUT2D eigenvalue weighted by molar-refractivity contribution is 0.311. The van der Waals surface area contributed by atoms with E-state index in [2.05, 4.69) is 5.10 Å². The minimum Gasteiger partial charge on any atom is -0.493 e. The van der Waals surface area contributed by atoms with Gasteiger partial charge in [-0.25, -0.2) is 0 Å². The molecule has 0 amide bonds. The van der Waals surface area contributed by atoms with Crippen LogP contribution in [0.15, 0.2) is 30.6 Å². The van der Waals surface area contributed by atoms with Crippen LogP contribution in [-0.2, 0) is 7.05 Å². The highest BCUT2D eigenvalue weighted by molar-refractivity contribution is 5.65. The Balaban J connectivity index is 2.37. The van der Waals surface area contributed by atoms with E-state index in [1.165, 1.54) is 0 Å². The average Bonchev–Trinajstić information content (AvgIpc) is 2.77. The number of hydrogen-bond acceptors (Lipinski definition) is 3. The molecule has 0 bridgehead atoms. The third kappa shape index (κ3) is 2.41. The van der Waals surface area contributed by atoms with Gasteiger partial charge < -0.3 is 9.47 Å². The molecule has 0 aliphatic rings. The first-order valence-corrected chi connectivity index (χ1v) is 5.54. The summed E-state index contributed by atoms with van der Waals surface area (Å²) in [5.74, 6) is 1.51. The molecule has 0 radical (unpaired) electrons. The largest absolute Gasteiger partial charge is 0.493 e. The average molecular weight is 232 g/mol. The van der Waals surface area contributed by atoms with Crippen LogP contribution in [0.5, 0.6) is 11.5 Å². The highest BCUT2D eigenvalue weighted by Crippen LogP contribution is 2.32. The Hall–Kier alpha value is -1.97. The van der Waals surface area contributed by atoms with Gasteiger partial charge in [-0.1, -0.05) is 6.07 Å². The zero-order valence-corrected chi connectivity index (χ0v) is 10.3. The molecule has 0 saturated heterocycles. The number of ether oxygens (including phenoxy) is 2. The van der Waals surface area contributed by atoms with Gasteiger partial charge >= 0.3 is 0 Å². The van der Waals surface area contributed by atoms with Crippen molar-refractivity contribution in [2.45, 2.75) is 6.92 Å². The Morgan fingerprint density at radius 1 is 1.24 bits per heavy atom. The van der Waals surface area contributed by atoms with E-state index in [0.29, 0.717) is 6.61 Å². The maximum atomic E-state index is 5.48. The third-order valence-corrected chi connectivity index (χ3v) is 2.50. The van der Waals surface area contributed by atoms with Gasteiger partial charge in [-0.05, 0) is 24.6 Å². The summed E-state index contributed by atoms with van der Waals surface area (Å²) in [6.07, 6.45) is 3.80. The van der Waals surface area contributed by atoms with E-state index in [1.807, 2.05) is 44.6 Å². The Morgan fingerprint density at radius 3 is 2.65 bits per heavy atom. The van der Waals surface area contributed by atoms with E-state index in [4.69, 9.17) is 9.47 Å². The van der Waals surface area contributed by atoms with Crippen LogP contribution in [0.4, 0.5) is 0 Å². The first kappa shape index (κ1) is 11.5. The quantitative estimate of drug-likeness (QED) is 0.812. The molecule has 1 aromatic carbocycles. The van der Waals surface area contributed by atoms with Crippen molar-refractivity contribution in [3.63, 3.8) is 0 Å². The molecule has 1 heterocycles. The van der Waals surface area contributed by atoms with Gasteiger partial charge in [0.25, 0.3) is 0 Å². The lowest BCUT2D eigenvalue weighted by Crippen LogP contribution is -1.95. The summed E-state index contributed by atoms with van der Waals surface area (Å²) < 4.78 is 12.6. The van der Waals surface area contributed by atoms with Crippen molar-refractivity contribution in [3.8, 4) is 22.6 Å². The van der Waals surface area contributed by atoms with Crippen LogP contribution in [0.25, 0.3) is 11.1 Å². The van der Waals surface area contributed by atoms with Crippen molar-refractivity contribution >= 4 is 0 Å². The molecule has 1 aromatic heterocycles. The predicted molar refractivity (Wildman–Crippen MR) is 66.4 cm³/mol. The minimum absolute atomic E-state index is 0.628. The molecule has 0 saturated carbocycles. The van der Waals surface area contributed by atoms with Gasteiger partial charge in [0.2, 0.25) is 0 Å². The Labute approximate surface area is 101 Å². The van der Waals surface area contributed by atoms with E-state index in [1.54, 1.807) is 11.8 Å². The normalized spacial score (nSPS) is 10.3. The molecule has 0 aliphatic heterocycles. The SMILES string of the molecule is CCOc1ccc(-c2cnn(C)c2)cc1OC. The van der Waals surface area contributed by atoms with E-state index in [9.17, 15) is 0 Å². The first-order valence-electron chi connectivity index (χ1n) is 5.54. The minimum atomic E-state index is 0.628. The molecule has 2 rings (SSSR count). The van der Waals surface area contributed by atoms with Gasteiger partial charge in [0.1, 0.15) is 0 Å². The van der Waals surface area contributed by atoms with Gasteiger partial charge in [-0.3, -0.25) is 4.68 Å². The number of hydrogen-bond donors (Lipinski definition) is 0. The molecule has 17 heavy (non-hydrogen) atoms. The van der Waals surface area contributed by atoms with Crippen LogP contribution < -0.4 is 9.47 Å². The zero-order chi connectivity index (χ0) is 12.3.